The van der Waals surface area contributed by atoms with E-state index in [-0.39, 0.29) is 43.0 Å². The van der Waals surface area contributed by atoms with Gasteiger partial charge in [0.25, 0.3) is 0 Å². The quantitative estimate of drug-likeness (QED) is 0.863. The molecule has 0 aromatic heterocycles. The van der Waals surface area contributed by atoms with Gasteiger partial charge in [-0.2, -0.15) is 18.4 Å². The Balaban J connectivity index is 0.00000200. The average molecular weight is 306 g/mol. The van der Waals surface area contributed by atoms with Crippen LogP contribution in [0.15, 0.2) is 18.2 Å². The highest BCUT2D eigenvalue weighted by molar-refractivity contribution is 5.96. The summed E-state index contributed by atoms with van der Waals surface area (Å²) < 4.78 is 38.4. The molecule has 1 atom stereocenters. The van der Waals surface area contributed by atoms with Crippen LogP contribution in [0.1, 0.15) is 17.5 Å². The summed E-state index contributed by atoms with van der Waals surface area (Å²) in [6.45, 7) is 0.183. The summed E-state index contributed by atoms with van der Waals surface area (Å²) in [6.07, 6.45) is -4.52. The first-order chi connectivity index (χ1) is 8.82. The topological polar surface area (TPSA) is 70.1 Å². The lowest BCUT2D eigenvalue weighted by atomic mass is 10.1. The zero-order chi connectivity index (χ0) is 14.2. The van der Waals surface area contributed by atoms with Gasteiger partial charge < -0.3 is 10.6 Å². The van der Waals surface area contributed by atoms with Gasteiger partial charge in [0, 0.05) is 24.7 Å². The minimum absolute atomic E-state index is 0. The molecule has 2 N–H and O–H groups in total. The second-order valence-electron chi connectivity index (χ2n) is 4.31. The van der Waals surface area contributed by atoms with Gasteiger partial charge in [0.2, 0.25) is 5.91 Å². The van der Waals surface area contributed by atoms with Crippen molar-refractivity contribution in [2.45, 2.75) is 18.6 Å². The number of nitrogens with zero attached hydrogens (tertiary/aromatic N) is 2. The van der Waals surface area contributed by atoms with Crippen LogP contribution in [0, 0.1) is 11.3 Å². The summed E-state index contributed by atoms with van der Waals surface area (Å²) >= 11 is 0. The summed E-state index contributed by atoms with van der Waals surface area (Å²) in [5.74, 6) is -0.315. The third kappa shape index (κ3) is 3.03. The van der Waals surface area contributed by atoms with E-state index in [1.165, 1.54) is 17.0 Å². The van der Waals surface area contributed by atoms with Gasteiger partial charge in [-0.3, -0.25) is 4.79 Å². The number of rotatable bonds is 1. The fourth-order valence-electron chi connectivity index (χ4n) is 2.02. The molecule has 0 saturated carbocycles. The lowest BCUT2D eigenvalue weighted by molar-refractivity contribution is -0.137. The fourth-order valence-corrected chi connectivity index (χ4v) is 2.02. The molecule has 1 saturated heterocycles. The molecule has 1 amide bonds. The van der Waals surface area contributed by atoms with Gasteiger partial charge in [-0.1, -0.05) is 0 Å². The molecular formula is C12H11ClF3N3O. The van der Waals surface area contributed by atoms with Crippen LogP contribution in [-0.2, 0) is 11.0 Å². The fraction of sp³-hybridized carbons (Fsp3) is 0.333. The molecular weight excluding hydrogens is 295 g/mol. The monoisotopic (exact) mass is 305 g/mol. The van der Waals surface area contributed by atoms with Gasteiger partial charge in [0.1, 0.15) is 0 Å². The summed E-state index contributed by atoms with van der Waals surface area (Å²) in [5.41, 5.74) is 4.20. The van der Waals surface area contributed by atoms with Crippen molar-refractivity contribution in [2.75, 3.05) is 11.4 Å². The molecule has 1 unspecified atom stereocenters. The first-order valence-electron chi connectivity index (χ1n) is 5.50. The summed E-state index contributed by atoms with van der Waals surface area (Å²) in [6, 6.07) is 4.32. The first-order valence-corrected chi connectivity index (χ1v) is 5.50. The molecule has 1 heterocycles. The Labute approximate surface area is 119 Å². The van der Waals surface area contributed by atoms with E-state index in [4.69, 9.17) is 11.0 Å². The molecule has 1 aromatic carbocycles. The van der Waals surface area contributed by atoms with Crippen LogP contribution in [0.5, 0.6) is 0 Å². The highest BCUT2D eigenvalue weighted by Gasteiger charge is 2.35. The molecule has 1 aliphatic heterocycles. The standard InChI is InChI=1S/C12H10F3N3O.ClH/c13-12(14,15)10-4-9(2-1-7(10)5-16)18-6-8(17)3-11(18)19;/h1-2,4,8H,3,6,17H2;1H. The van der Waals surface area contributed by atoms with Crippen molar-refractivity contribution in [2.24, 2.45) is 5.73 Å². The minimum atomic E-state index is -4.63. The first kappa shape index (κ1) is 16.3. The number of carbonyl (C=O) groups is 1. The number of alkyl halides is 3. The highest BCUT2D eigenvalue weighted by atomic mass is 35.5. The normalized spacial score (nSPS) is 18.6. The Hall–Kier alpha value is -1.78. The van der Waals surface area contributed by atoms with Gasteiger partial charge in [-0.05, 0) is 18.2 Å². The lowest BCUT2D eigenvalue weighted by Crippen LogP contribution is -2.28. The van der Waals surface area contributed by atoms with Crippen molar-refractivity contribution < 1.29 is 18.0 Å². The van der Waals surface area contributed by atoms with Crippen molar-refractivity contribution >= 4 is 24.0 Å². The Kier molecular flexibility index (Phi) is 4.63. The summed E-state index contributed by atoms with van der Waals surface area (Å²) in [7, 11) is 0. The van der Waals surface area contributed by atoms with Crippen LogP contribution in [0.3, 0.4) is 0 Å². The van der Waals surface area contributed by atoms with E-state index in [1.807, 2.05) is 0 Å². The molecule has 1 fully saturated rings. The van der Waals surface area contributed by atoms with Crippen LogP contribution in [-0.4, -0.2) is 18.5 Å². The van der Waals surface area contributed by atoms with E-state index >= 15 is 0 Å². The predicted octanol–water partition coefficient (Wildman–Crippen LogP) is 2.06. The smallest absolute Gasteiger partial charge is 0.326 e. The number of amides is 1. The second-order valence-corrected chi connectivity index (χ2v) is 4.31. The number of carbonyl (C=O) groups excluding carboxylic acids is 1. The van der Waals surface area contributed by atoms with Gasteiger partial charge in [-0.15, -0.1) is 12.4 Å². The molecule has 108 valence electrons. The van der Waals surface area contributed by atoms with Crippen molar-refractivity contribution in [3.8, 4) is 6.07 Å². The van der Waals surface area contributed by atoms with Gasteiger partial charge in [0.15, 0.2) is 0 Å². The summed E-state index contributed by atoms with van der Waals surface area (Å²) in [5, 5.41) is 8.68. The second kappa shape index (κ2) is 5.69. The lowest BCUT2D eigenvalue weighted by Gasteiger charge is -2.18. The van der Waals surface area contributed by atoms with Gasteiger partial charge in [0.05, 0.1) is 17.2 Å². The molecule has 0 bridgehead atoms. The Morgan fingerprint density at radius 2 is 2.05 bits per heavy atom. The number of benzene rings is 1. The maximum Gasteiger partial charge on any atom is 0.417 e. The Bertz CT molecular complexity index is 568. The number of nitrogens with two attached hydrogens (primary N) is 1. The van der Waals surface area contributed by atoms with Gasteiger partial charge in [-0.25, -0.2) is 0 Å². The SMILES string of the molecule is Cl.N#Cc1ccc(N2CC(N)CC2=O)cc1C(F)(F)F. The molecule has 0 aliphatic carbocycles. The summed E-state index contributed by atoms with van der Waals surface area (Å²) in [4.78, 5) is 12.8. The molecule has 2 rings (SSSR count). The number of hydrogen-bond acceptors (Lipinski definition) is 3. The molecule has 1 aliphatic rings. The number of halogens is 4. The van der Waals surface area contributed by atoms with Crippen molar-refractivity contribution in [1.29, 1.82) is 5.26 Å². The average Bonchev–Trinajstić information content (AvgIpc) is 2.66. The van der Waals surface area contributed by atoms with Crippen LogP contribution in [0.4, 0.5) is 18.9 Å². The van der Waals surface area contributed by atoms with E-state index in [9.17, 15) is 18.0 Å². The Morgan fingerprint density at radius 3 is 2.50 bits per heavy atom. The molecule has 0 spiro atoms. The third-order valence-corrected chi connectivity index (χ3v) is 2.90. The van der Waals surface area contributed by atoms with Crippen molar-refractivity contribution in [3.63, 3.8) is 0 Å². The predicted molar refractivity (Wildman–Crippen MR) is 68.4 cm³/mol. The van der Waals surface area contributed by atoms with E-state index in [2.05, 4.69) is 0 Å². The number of hydrogen-bond donors (Lipinski definition) is 1. The molecule has 1 aromatic rings. The maximum absolute atomic E-state index is 12.8. The van der Waals surface area contributed by atoms with Crippen LogP contribution < -0.4 is 10.6 Å². The van der Waals surface area contributed by atoms with Crippen molar-refractivity contribution in [1.82, 2.24) is 0 Å². The molecule has 8 heteroatoms. The van der Waals surface area contributed by atoms with Gasteiger partial charge >= 0.3 is 6.18 Å². The van der Waals surface area contributed by atoms with Crippen LogP contribution in [0.2, 0.25) is 0 Å². The zero-order valence-electron chi connectivity index (χ0n) is 10.1. The number of nitriles is 1. The maximum atomic E-state index is 12.8. The van der Waals surface area contributed by atoms with Crippen molar-refractivity contribution in [3.05, 3.63) is 29.3 Å². The molecule has 20 heavy (non-hydrogen) atoms. The van der Waals surface area contributed by atoms with E-state index in [0.717, 1.165) is 12.1 Å². The van der Waals surface area contributed by atoms with Crippen LogP contribution in [0.25, 0.3) is 0 Å². The minimum Gasteiger partial charge on any atom is -0.326 e. The third-order valence-electron chi connectivity index (χ3n) is 2.90. The van der Waals surface area contributed by atoms with E-state index < -0.39 is 17.3 Å². The van der Waals surface area contributed by atoms with E-state index in [1.54, 1.807) is 0 Å². The highest BCUT2D eigenvalue weighted by Crippen LogP contribution is 2.35. The number of anilines is 1. The van der Waals surface area contributed by atoms with Crippen LogP contribution >= 0.6 is 12.4 Å². The molecule has 4 nitrogen and oxygen atoms in total. The van der Waals surface area contributed by atoms with E-state index in [0.29, 0.717) is 0 Å². The Morgan fingerprint density at radius 1 is 1.40 bits per heavy atom. The molecule has 0 radical (unpaired) electrons. The zero-order valence-corrected chi connectivity index (χ0v) is 11.0. The largest absolute Gasteiger partial charge is 0.417 e.